The van der Waals surface area contributed by atoms with Gasteiger partial charge in [-0.25, -0.2) is 4.79 Å². The van der Waals surface area contributed by atoms with Gasteiger partial charge in [0.15, 0.2) is 0 Å². The number of amides is 2. The van der Waals surface area contributed by atoms with E-state index in [9.17, 15) is 19.2 Å². The Labute approximate surface area is 142 Å². The van der Waals surface area contributed by atoms with Crippen molar-refractivity contribution in [2.75, 3.05) is 7.11 Å². The molecule has 0 radical (unpaired) electrons. The zero-order valence-electron chi connectivity index (χ0n) is 14.9. The van der Waals surface area contributed by atoms with Crippen LogP contribution in [-0.2, 0) is 23.9 Å². The van der Waals surface area contributed by atoms with Gasteiger partial charge in [0.1, 0.15) is 17.9 Å². The Morgan fingerprint density at radius 3 is 2.42 bits per heavy atom. The predicted octanol–water partition coefficient (Wildman–Crippen LogP) is 0.954. The summed E-state index contributed by atoms with van der Waals surface area (Å²) in [6, 6.07) is -1.58. The first-order valence-corrected chi connectivity index (χ1v) is 8.41. The van der Waals surface area contributed by atoms with Crippen molar-refractivity contribution in [2.24, 2.45) is 11.8 Å². The normalized spacial score (nSPS) is 20.2. The van der Waals surface area contributed by atoms with E-state index in [0.717, 1.165) is 0 Å². The number of carbonyl (C=O) groups is 4. The molecule has 0 heterocycles. The number of nitrogens with one attached hydrogen (secondary N) is 2. The van der Waals surface area contributed by atoms with Crippen LogP contribution < -0.4 is 10.6 Å². The summed E-state index contributed by atoms with van der Waals surface area (Å²) >= 11 is 0. The van der Waals surface area contributed by atoms with Crippen molar-refractivity contribution in [2.45, 2.75) is 65.0 Å². The van der Waals surface area contributed by atoms with Crippen LogP contribution in [0.3, 0.4) is 0 Å². The van der Waals surface area contributed by atoms with Crippen LogP contribution in [0, 0.1) is 11.8 Å². The largest absolute Gasteiger partial charge is 0.467 e. The van der Waals surface area contributed by atoms with Crippen molar-refractivity contribution in [1.29, 1.82) is 0 Å². The molecule has 0 aromatic rings. The maximum Gasteiger partial charge on any atom is 0.328 e. The standard InChI is InChI=1S/C17H28N2O5/c1-10(2)8-14(18-11(3)20)16(22)19-15(17(23)24-4)12-6-5-7-13(21)9-12/h10,12,14-15H,5-9H2,1-4H3,(H,18,20)(H,19,22)/t12-,14-,15+/m0/s1. The molecular weight excluding hydrogens is 312 g/mol. The van der Waals surface area contributed by atoms with Crippen molar-refractivity contribution in [1.82, 2.24) is 10.6 Å². The van der Waals surface area contributed by atoms with E-state index < -0.39 is 24.0 Å². The molecule has 0 aliphatic heterocycles. The van der Waals surface area contributed by atoms with Crippen molar-refractivity contribution in [3.05, 3.63) is 0 Å². The Morgan fingerprint density at radius 1 is 1.25 bits per heavy atom. The van der Waals surface area contributed by atoms with E-state index in [1.165, 1.54) is 14.0 Å². The van der Waals surface area contributed by atoms with Gasteiger partial charge in [-0.1, -0.05) is 13.8 Å². The summed E-state index contributed by atoms with van der Waals surface area (Å²) in [5.41, 5.74) is 0. The molecule has 0 aromatic heterocycles. The lowest BCUT2D eigenvalue weighted by molar-refractivity contribution is -0.147. The number of esters is 1. The van der Waals surface area contributed by atoms with E-state index in [-0.39, 0.29) is 29.9 Å². The molecule has 1 saturated carbocycles. The van der Waals surface area contributed by atoms with Crippen LogP contribution in [0.25, 0.3) is 0 Å². The molecule has 0 bridgehead atoms. The van der Waals surface area contributed by atoms with E-state index >= 15 is 0 Å². The zero-order valence-corrected chi connectivity index (χ0v) is 14.9. The van der Waals surface area contributed by atoms with Gasteiger partial charge in [-0.2, -0.15) is 0 Å². The Kier molecular flexibility index (Phi) is 7.88. The summed E-state index contributed by atoms with van der Waals surface area (Å²) in [4.78, 5) is 47.6. The molecule has 2 amide bonds. The fourth-order valence-corrected chi connectivity index (χ4v) is 3.04. The third kappa shape index (κ3) is 6.29. The molecular formula is C17H28N2O5. The highest BCUT2D eigenvalue weighted by atomic mass is 16.5. The van der Waals surface area contributed by atoms with Crippen molar-refractivity contribution in [3.63, 3.8) is 0 Å². The molecule has 0 spiro atoms. The first-order chi connectivity index (χ1) is 11.2. The minimum Gasteiger partial charge on any atom is -0.467 e. The minimum absolute atomic E-state index is 0.0926. The lowest BCUT2D eigenvalue weighted by Gasteiger charge is -2.30. The molecule has 7 heteroatoms. The van der Waals surface area contributed by atoms with Crippen molar-refractivity contribution < 1.29 is 23.9 Å². The maximum atomic E-state index is 12.6. The smallest absolute Gasteiger partial charge is 0.328 e. The second-order valence-corrected chi connectivity index (χ2v) is 6.79. The number of rotatable bonds is 7. The molecule has 0 aromatic carbocycles. The van der Waals surface area contributed by atoms with Crippen LogP contribution >= 0.6 is 0 Å². The number of carbonyl (C=O) groups excluding carboxylic acids is 4. The van der Waals surface area contributed by atoms with Gasteiger partial charge in [0.2, 0.25) is 11.8 Å². The Bertz CT molecular complexity index is 489. The molecule has 1 rings (SSSR count). The summed E-state index contributed by atoms with van der Waals surface area (Å²) in [6.45, 7) is 5.23. The molecule has 3 atom stereocenters. The molecule has 1 aliphatic carbocycles. The van der Waals surface area contributed by atoms with Gasteiger partial charge < -0.3 is 15.4 Å². The number of ether oxygens (including phenoxy) is 1. The summed E-state index contributed by atoms with van der Waals surface area (Å²) in [5.74, 6) is -1.27. The average Bonchev–Trinajstić information content (AvgIpc) is 2.50. The third-order valence-corrected chi connectivity index (χ3v) is 4.15. The highest BCUT2D eigenvalue weighted by Gasteiger charge is 2.35. The predicted molar refractivity (Wildman–Crippen MR) is 88.0 cm³/mol. The van der Waals surface area contributed by atoms with Crippen LogP contribution in [0.4, 0.5) is 0 Å². The SMILES string of the molecule is COC(=O)[C@H](NC(=O)[C@H](CC(C)C)NC(C)=O)[C@H]1CCCC(=O)C1. The van der Waals surface area contributed by atoms with Gasteiger partial charge in [0, 0.05) is 19.8 Å². The Hall–Kier alpha value is -1.92. The van der Waals surface area contributed by atoms with Crippen LogP contribution in [0.1, 0.15) is 52.9 Å². The monoisotopic (exact) mass is 340 g/mol. The number of methoxy groups -OCH3 is 1. The lowest BCUT2D eigenvalue weighted by atomic mass is 9.83. The van der Waals surface area contributed by atoms with Crippen LogP contribution in [0.15, 0.2) is 0 Å². The molecule has 0 saturated heterocycles. The number of Topliss-reactive ketones (excluding diaryl/α,β-unsaturated/α-hetero) is 1. The Morgan fingerprint density at radius 2 is 1.92 bits per heavy atom. The van der Waals surface area contributed by atoms with E-state index in [0.29, 0.717) is 25.7 Å². The lowest BCUT2D eigenvalue weighted by Crippen LogP contribution is -2.54. The topological polar surface area (TPSA) is 102 Å². The fraction of sp³-hybridized carbons (Fsp3) is 0.765. The van der Waals surface area contributed by atoms with E-state index in [4.69, 9.17) is 4.74 Å². The highest BCUT2D eigenvalue weighted by Crippen LogP contribution is 2.25. The van der Waals surface area contributed by atoms with E-state index in [2.05, 4.69) is 10.6 Å². The molecule has 1 fully saturated rings. The average molecular weight is 340 g/mol. The van der Waals surface area contributed by atoms with Crippen LogP contribution in [-0.4, -0.2) is 42.8 Å². The van der Waals surface area contributed by atoms with Gasteiger partial charge in [-0.05, 0) is 31.1 Å². The van der Waals surface area contributed by atoms with Gasteiger partial charge in [0.25, 0.3) is 0 Å². The zero-order chi connectivity index (χ0) is 18.3. The number of hydrogen-bond donors (Lipinski definition) is 2. The fourth-order valence-electron chi connectivity index (χ4n) is 3.04. The first kappa shape index (κ1) is 20.1. The molecule has 2 N–H and O–H groups in total. The molecule has 7 nitrogen and oxygen atoms in total. The van der Waals surface area contributed by atoms with Gasteiger partial charge in [-0.15, -0.1) is 0 Å². The highest BCUT2D eigenvalue weighted by molar-refractivity contribution is 5.91. The summed E-state index contributed by atoms with van der Waals surface area (Å²) in [5, 5.41) is 5.30. The van der Waals surface area contributed by atoms with Gasteiger partial charge in [-0.3, -0.25) is 14.4 Å². The van der Waals surface area contributed by atoms with Crippen LogP contribution in [0.2, 0.25) is 0 Å². The number of hydrogen-bond acceptors (Lipinski definition) is 5. The first-order valence-electron chi connectivity index (χ1n) is 8.41. The van der Waals surface area contributed by atoms with Crippen molar-refractivity contribution >= 4 is 23.6 Å². The number of ketones is 1. The minimum atomic E-state index is -0.866. The second kappa shape index (κ2) is 9.39. The second-order valence-electron chi connectivity index (χ2n) is 6.79. The Balaban J connectivity index is 2.86. The summed E-state index contributed by atoms with van der Waals surface area (Å²) < 4.78 is 4.79. The maximum absolute atomic E-state index is 12.6. The molecule has 1 aliphatic rings. The van der Waals surface area contributed by atoms with E-state index in [1.54, 1.807) is 0 Å². The van der Waals surface area contributed by atoms with Crippen molar-refractivity contribution in [3.8, 4) is 0 Å². The van der Waals surface area contributed by atoms with Crippen LogP contribution in [0.5, 0.6) is 0 Å². The van der Waals surface area contributed by atoms with Gasteiger partial charge in [0.05, 0.1) is 7.11 Å². The van der Waals surface area contributed by atoms with E-state index in [1.807, 2.05) is 13.8 Å². The van der Waals surface area contributed by atoms with Gasteiger partial charge >= 0.3 is 5.97 Å². The molecule has 0 unspecified atom stereocenters. The molecule has 136 valence electrons. The summed E-state index contributed by atoms with van der Waals surface area (Å²) in [6.07, 6.45) is 2.62. The quantitative estimate of drug-likeness (QED) is 0.672. The summed E-state index contributed by atoms with van der Waals surface area (Å²) in [7, 11) is 1.26. The third-order valence-electron chi connectivity index (χ3n) is 4.15. The molecule has 24 heavy (non-hydrogen) atoms.